The van der Waals surface area contributed by atoms with Crippen molar-refractivity contribution in [2.24, 2.45) is 5.92 Å². The lowest BCUT2D eigenvalue weighted by Crippen LogP contribution is -2.44. The Morgan fingerprint density at radius 3 is 2.17 bits per heavy atom. The molecular formula is C19H20N2O3. The topological polar surface area (TPSA) is 66.5 Å². The quantitative estimate of drug-likeness (QED) is 0.860. The van der Waals surface area contributed by atoms with Gasteiger partial charge in [0.25, 0.3) is 11.8 Å². The maximum Gasteiger partial charge on any atom is 0.261 e. The molecule has 1 aliphatic rings. The lowest BCUT2D eigenvalue weighted by atomic mass is 9.94. The zero-order valence-electron chi connectivity index (χ0n) is 13.8. The highest BCUT2D eigenvalue weighted by Crippen LogP contribution is 2.29. The van der Waals surface area contributed by atoms with Crippen LogP contribution in [0.15, 0.2) is 36.4 Å². The summed E-state index contributed by atoms with van der Waals surface area (Å²) in [6, 6.07) is 10.9. The Bertz CT molecular complexity index is 776. The van der Waals surface area contributed by atoms with Gasteiger partial charge in [-0.2, -0.15) is 0 Å². The fourth-order valence-corrected chi connectivity index (χ4v) is 3.03. The molecule has 0 atom stereocenters. The SMILES string of the molecule is CC(C)CC(=O)NCCN1C(=O)c2cccc3cccc(c23)C1=O. The van der Waals surface area contributed by atoms with Crippen LogP contribution in [0.4, 0.5) is 0 Å². The maximum atomic E-state index is 12.7. The second kappa shape index (κ2) is 6.43. The molecule has 5 nitrogen and oxygen atoms in total. The first-order valence-corrected chi connectivity index (χ1v) is 8.13. The van der Waals surface area contributed by atoms with Crippen molar-refractivity contribution < 1.29 is 14.4 Å². The van der Waals surface area contributed by atoms with Gasteiger partial charge in [-0.1, -0.05) is 38.1 Å². The Morgan fingerprint density at radius 1 is 1.04 bits per heavy atom. The van der Waals surface area contributed by atoms with Crippen LogP contribution < -0.4 is 5.32 Å². The predicted molar refractivity (Wildman–Crippen MR) is 91.8 cm³/mol. The second-order valence-electron chi connectivity index (χ2n) is 6.42. The fraction of sp³-hybridized carbons (Fsp3) is 0.316. The van der Waals surface area contributed by atoms with Gasteiger partial charge in [-0.15, -0.1) is 0 Å². The number of rotatable bonds is 5. The molecule has 0 fully saturated rings. The molecule has 0 bridgehead atoms. The number of nitrogens with zero attached hydrogens (tertiary/aromatic N) is 1. The summed E-state index contributed by atoms with van der Waals surface area (Å²) in [5.41, 5.74) is 1.08. The Balaban J connectivity index is 1.79. The van der Waals surface area contributed by atoms with E-state index in [2.05, 4.69) is 5.32 Å². The summed E-state index contributed by atoms with van der Waals surface area (Å²) in [7, 11) is 0. The molecule has 1 aliphatic heterocycles. The van der Waals surface area contributed by atoms with E-state index < -0.39 is 0 Å². The normalized spacial score (nSPS) is 13.7. The van der Waals surface area contributed by atoms with E-state index in [-0.39, 0.29) is 36.7 Å². The van der Waals surface area contributed by atoms with Gasteiger partial charge in [0.1, 0.15) is 0 Å². The van der Waals surface area contributed by atoms with Gasteiger partial charge < -0.3 is 5.32 Å². The lowest BCUT2D eigenvalue weighted by Gasteiger charge is -2.27. The van der Waals surface area contributed by atoms with Crippen LogP contribution in [0.2, 0.25) is 0 Å². The second-order valence-corrected chi connectivity index (χ2v) is 6.42. The van der Waals surface area contributed by atoms with Crippen molar-refractivity contribution in [1.29, 1.82) is 0 Å². The van der Waals surface area contributed by atoms with Crippen LogP contribution >= 0.6 is 0 Å². The standard InChI is InChI=1S/C19H20N2O3/c1-12(2)11-16(22)20-9-10-21-18(23)14-7-3-5-13-6-4-8-15(17(13)14)19(21)24/h3-8,12H,9-11H2,1-2H3,(H,20,22). The average Bonchev–Trinajstić information content (AvgIpc) is 2.55. The number of carbonyl (C=O) groups is 3. The molecule has 0 saturated heterocycles. The molecule has 2 aromatic rings. The van der Waals surface area contributed by atoms with E-state index in [1.54, 1.807) is 12.1 Å². The highest BCUT2D eigenvalue weighted by Gasteiger charge is 2.32. The predicted octanol–water partition coefficient (Wildman–Crippen LogP) is 2.60. The van der Waals surface area contributed by atoms with Crippen LogP contribution in [0.5, 0.6) is 0 Å². The van der Waals surface area contributed by atoms with Gasteiger partial charge in [-0.25, -0.2) is 0 Å². The van der Waals surface area contributed by atoms with Crippen LogP contribution in [-0.4, -0.2) is 35.7 Å². The Hall–Kier alpha value is -2.69. The van der Waals surface area contributed by atoms with Crippen molar-refractivity contribution in [3.05, 3.63) is 47.5 Å². The molecule has 0 saturated carbocycles. The van der Waals surface area contributed by atoms with Gasteiger partial charge in [-0.05, 0) is 23.4 Å². The van der Waals surface area contributed by atoms with Crippen LogP contribution in [0, 0.1) is 5.92 Å². The molecule has 0 aromatic heterocycles. The van der Waals surface area contributed by atoms with E-state index in [1.807, 2.05) is 38.1 Å². The van der Waals surface area contributed by atoms with Crippen LogP contribution in [-0.2, 0) is 4.79 Å². The minimum absolute atomic E-state index is 0.0654. The van der Waals surface area contributed by atoms with Crippen molar-refractivity contribution in [1.82, 2.24) is 10.2 Å². The lowest BCUT2D eigenvalue weighted by molar-refractivity contribution is -0.121. The van der Waals surface area contributed by atoms with Crippen molar-refractivity contribution in [3.63, 3.8) is 0 Å². The third-order valence-corrected chi connectivity index (χ3v) is 4.11. The highest BCUT2D eigenvalue weighted by molar-refractivity contribution is 6.25. The molecule has 24 heavy (non-hydrogen) atoms. The number of benzene rings is 2. The third kappa shape index (κ3) is 2.89. The summed E-state index contributed by atoms with van der Waals surface area (Å²) in [4.78, 5) is 38.2. The monoisotopic (exact) mass is 324 g/mol. The Morgan fingerprint density at radius 2 is 1.62 bits per heavy atom. The first-order chi connectivity index (χ1) is 11.5. The average molecular weight is 324 g/mol. The fourth-order valence-electron chi connectivity index (χ4n) is 3.03. The summed E-state index contributed by atoms with van der Waals surface area (Å²) >= 11 is 0. The molecule has 0 unspecified atom stereocenters. The van der Waals surface area contributed by atoms with E-state index in [0.29, 0.717) is 17.5 Å². The number of carbonyl (C=O) groups excluding carboxylic acids is 3. The number of hydrogen-bond donors (Lipinski definition) is 1. The number of imide groups is 1. The molecular weight excluding hydrogens is 304 g/mol. The zero-order chi connectivity index (χ0) is 17.3. The first-order valence-electron chi connectivity index (χ1n) is 8.13. The van der Waals surface area contributed by atoms with Gasteiger partial charge >= 0.3 is 0 Å². The van der Waals surface area contributed by atoms with E-state index in [9.17, 15) is 14.4 Å². The van der Waals surface area contributed by atoms with Crippen molar-refractivity contribution >= 4 is 28.5 Å². The largest absolute Gasteiger partial charge is 0.354 e. The molecule has 1 heterocycles. The van der Waals surface area contributed by atoms with Gasteiger partial charge in [0.15, 0.2) is 0 Å². The summed E-state index contributed by atoms with van der Waals surface area (Å²) in [5, 5.41) is 4.37. The minimum Gasteiger partial charge on any atom is -0.354 e. The van der Waals surface area contributed by atoms with Crippen LogP contribution in [0.25, 0.3) is 10.8 Å². The van der Waals surface area contributed by atoms with E-state index in [4.69, 9.17) is 0 Å². The zero-order valence-corrected chi connectivity index (χ0v) is 13.8. The van der Waals surface area contributed by atoms with Crippen molar-refractivity contribution in [3.8, 4) is 0 Å². The molecule has 2 aromatic carbocycles. The Labute approximate surface area is 140 Å². The molecule has 1 N–H and O–H groups in total. The Kier molecular flexibility index (Phi) is 4.34. The van der Waals surface area contributed by atoms with Crippen molar-refractivity contribution in [2.45, 2.75) is 20.3 Å². The molecule has 0 radical (unpaired) electrons. The molecule has 5 heteroatoms. The van der Waals surface area contributed by atoms with E-state index in [0.717, 1.165) is 10.8 Å². The first kappa shape index (κ1) is 16.2. The highest BCUT2D eigenvalue weighted by atomic mass is 16.2. The summed E-state index contributed by atoms with van der Waals surface area (Å²) in [6.07, 6.45) is 0.435. The minimum atomic E-state index is -0.303. The van der Waals surface area contributed by atoms with Crippen LogP contribution in [0.3, 0.4) is 0 Å². The van der Waals surface area contributed by atoms with Gasteiger partial charge in [-0.3, -0.25) is 19.3 Å². The smallest absolute Gasteiger partial charge is 0.261 e. The summed E-state index contributed by atoms with van der Waals surface area (Å²) < 4.78 is 0. The molecule has 124 valence electrons. The van der Waals surface area contributed by atoms with Gasteiger partial charge in [0, 0.05) is 36.0 Å². The molecule has 0 aliphatic carbocycles. The molecule has 3 rings (SSSR count). The number of amides is 3. The summed E-state index contributed by atoms with van der Waals surface area (Å²) in [5.74, 6) is -0.401. The third-order valence-electron chi connectivity index (χ3n) is 4.11. The number of nitrogens with one attached hydrogen (secondary N) is 1. The maximum absolute atomic E-state index is 12.7. The van der Waals surface area contributed by atoms with E-state index in [1.165, 1.54) is 4.90 Å². The molecule has 3 amide bonds. The van der Waals surface area contributed by atoms with Crippen molar-refractivity contribution in [2.75, 3.05) is 13.1 Å². The summed E-state index contributed by atoms with van der Waals surface area (Å²) in [6.45, 7) is 4.37. The number of hydrogen-bond acceptors (Lipinski definition) is 3. The molecule has 0 spiro atoms. The van der Waals surface area contributed by atoms with E-state index >= 15 is 0 Å². The van der Waals surface area contributed by atoms with Gasteiger partial charge in [0.05, 0.1) is 0 Å². The van der Waals surface area contributed by atoms with Crippen LogP contribution in [0.1, 0.15) is 41.0 Å². The van der Waals surface area contributed by atoms with Gasteiger partial charge in [0.2, 0.25) is 5.91 Å².